The third-order valence-corrected chi connectivity index (χ3v) is 7.33. The van der Waals surface area contributed by atoms with Gasteiger partial charge in [-0.05, 0) is 30.5 Å². The molecule has 1 aromatic carbocycles. The highest BCUT2D eigenvalue weighted by atomic mass is 16.6. The lowest BCUT2D eigenvalue weighted by atomic mass is 10.0. The summed E-state index contributed by atoms with van der Waals surface area (Å²) in [6.07, 6.45) is 0.650. The van der Waals surface area contributed by atoms with Crippen LogP contribution in [0.15, 0.2) is 35.4 Å². The minimum atomic E-state index is -0.580. The number of carbonyl (C=O) groups excluding carboxylic acids is 2. The van der Waals surface area contributed by atoms with Gasteiger partial charge in [0.15, 0.2) is 0 Å². The maximum absolute atomic E-state index is 13.0. The number of carbonyl (C=O) groups is 2. The summed E-state index contributed by atoms with van der Waals surface area (Å²) in [5, 5.41) is 7.02. The quantitative estimate of drug-likeness (QED) is 0.356. The fourth-order valence-electron chi connectivity index (χ4n) is 5.26. The van der Waals surface area contributed by atoms with Gasteiger partial charge in [0.2, 0.25) is 5.91 Å². The Labute approximate surface area is 226 Å². The summed E-state index contributed by atoms with van der Waals surface area (Å²) >= 11 is 0. The van der Waals surface area contributed by atoms with Crippen LogP contribution in [0.5, 0.6) is 6.01 Å². The monoisotopic (exact) mass is 535 g/mol. The van der Waals surface area contributed by atoms with Crippen LogP contribution in [-0.2, 0) is 29.1 Å². The Balaban J connectivity index is 1.42. The van der Waals surface area contributed by atoms with Crippen molar-refractivity contribution in [1.82, 2.24) is 25.1 Å². The van der Waals surface area contributed by atoms with Crippen molar-refractivity contribution in [2.45, 2.75) is 44.6 Å². The zero-order chi connectivity index (χ0) is 27.2. The predicted molar refractivity (Wildman–Crippen MR) is 142 cm³/mol. The number of ether oxygens (including phenoxy) is 2. The van der Waals surface area contributed by atoms with Gasteiger partial charge in [0.25, 0.3) is 0 Å². The van der Waals surface area contributed by atoms with E-state index < -0.39 is 6.10 Å². The number of benzene rings is 1. The molecule has 1 saturated heterocycles. The topological polar surface area (TPSA) is 149 Å². The van der Waals surface area contributed by atoms with Crippen molar-refractivity contribution in [2.75, 3.05) is 51.2 Å². The highest BCUT2D eigenvalue weighted by Crippen LogP contribution is 2.31. The average Bonchev–Trinajstić information content (AvgIpc) is 2.96. The molecule has 39 heavy (non-hydrogen) atoms. The molecule has 3 aliphatic heterocycles. The molecule has 2 unspecified atom stereocenters. The first-order valence-electron chi connectivity index (χ1n) is 13.3. The molecule has 206 valence electrons. The first kappa shape index (κ1) is 26.5. The number of fused-ring (bicyclic) bond motifs is 6. The lowest BCUT2D eigenvalue weighted by Gasteiger charge is -2.43. The van der Waals surface area contributed by atoms with Crippen LogP contribution in [0.4, 0.5) is 10.6 Å². The first-order chi connectivity index (χ1) is 19.0. The van der Waals surface area contributed by atoms with Crippen LogP contribution < -0.4 is 15.0 Å². The zero-order valence-electron chi connectivity index (χ0n) is 22.0. The smallest absolute Gasteiger partial charge is 0.410 e. The third-order valence-electron chi connectivity index (χ3n) is 7.33. The fourth-order valence-corrected chi connectivity index (χ4v) is 5.26. The highest BCUT2D eigenvalue weighted by Gasteiger charge is 2.35. The summed E-state index contributed by atoms with van der Waals surface area (Å²) in [5.41, 5.74) is 11.7. The molecule has 0 aliphatic carbocycles. The minimum absolute atomic E-state index is 0.0501. The van der Waals surface area contributed by atoms with E-state index in [1.54, 1.807) is 16.8 Å². The van der Waals surface area contributed by atoms with E-state index in [2.05, 4.69) is 25.2 Å². The molecule has 2 amide bonds. The lowest BCUT2D eigenvalue weighted by Crippen LogP contribution is -2.56. The molecular weight excluding hydrogens is 502 g/mol. The second-order valence-corrected chi connectivity index (χ2v) is 9.98. The van der Waals surface area contributed by atoms with E-state index in [0.717, 1.165) is 35.6 Å². The summed E-state index contributed by atoms with van der Waals surface area (Å²) in [7, 11) is 1.70. The number of hydrogen-bond donors (Lipinski definition) is 1. The van der Waals surface area contributed by atoms with Gasteiger partial charge < -0.3 is 29.5 Å². The standard InChI is InChI=1S/C26H33N9O4/c1-33-16-20(13-29-32-27)39-25-30-22-14-28-10-9-21(22)24(31-25)35-12-11-34(15-19(35)7-8-23(33)36)26(37)38-17-18-5-3-2-4-6-18/h2-6,19-20,28H,7-17H2,1H3. The highest BCUT2D eigenvalue weighted by molar-refractivity contribution is 5.76. The summed E-state index contributed by atoms with van der Waals surface area (Å²) in [6, 6.07) is 9.64. The van der Waals surface area contributed by atoms with Gasteiger partial charge in [0.1, 0.15) is 18.5 Å². The van der Waals surface area contributed by atoms with Crippen molar-refractivity contribution >= 4 is 17.8 Å². The number of amides is 2. The van der Waals surface area contributed by atoms with Crippen molar-refractivity contribution in [3.8, 4) is 6.01 Å². The molecule has 1 fully saturated rings. The van der Waals surface area contributed by atoms with Gasteiger partial charge in [0, 0.05) is 56.2 Å². The molecule has 0 spiro atoms. The number of rotatable bonds is 4. The molecule has 13 heteroatoms. The average molecular weight is 536 g/mol. The van der Waals surface area contributed by atoms with E-state index >= 15 is 0 Å². The second kappa shape index (κ2) is 12.2. The maximum atomic E-state index is 13.0. The van der Waals surface area contributed by atoms with E-state index in [0.29, 0.717) is 39.0 Å². The lowest BCUT2D eigenvalue weighted by molar-refractivity contribution is -0.131. The van der Waals surface area contributed by atoms with Gasteiger partial charge in [0.05, 0.1) is 18.8 Å². The van der Waals surface area contributed by atoms with Crippen LogP contribution in [-0.4, -0.2) is 90.2 Å². The number of piperazine rings is 1. The first-order valence-corrected chi connectivity index (χ1v) is 13.3. The maximum Gasteiger partial charge on any atom is 0.410 e. The minimum Gasteiger partial charge on any atom is -0.458 e. The molecule has 13 nitrogen and oxygen atoms in total. The molecule has 2 atom stereocenters. The second-order valence-electron chi connectivity index (χ2n) is 9.98. The molecule has 1 aromatic heterocycles. The summed E-state index contributed by atoms with van der Waals surface area (Å²) in [6.45, 7) is 3.31. The zero-order valence-corrected chi connectivity index (χ0v) is 22.0. The van der Waals surface area contributed by atoms with E-state index in [9.17, 15) is 9.59 Å². The van der Waals surface area contributed by atoms with Crippen LogP contribution >= 0.6 is 0 Å². The van der Waals surface area contributed by atoms with Crippen LogP contribution in [0, 0.1) is 0 Å². The number of azide groups is 1. The van der Waals surface area contributed by atoms with E-state index in [1.165, 1.54) is 0 Å². The van der Waals surface area contributed by atoms with Crippen molar-refractivity contribution < 1.29 is 19.1 Å². The predicted octanol–water partition coefficient (Wildman–Crippen LogP) is 2.26. The van der Waals surface area contributed by atoms with Gasteiger partial charge in [-0.25, -0.2) is 4.79 Å². The molecule has 0 radical (unpaired) electrons. The number of hydrogen-bond acceptors (Lipinski definition) is 9. The fraction of sp³-hybridized carbons (Fsp3) is 0.538. The molecule has 4 heterocycles. The SMILES string of the molecule is CN1CC(CN=[N+]=[N-])Oc2nc3c(c(n2)N2CCN(C(=O)OCc4ccccc4)CC2CCC1=O)CCNC3. The van der Waals surface area contributed by atoms with Crippen molar-refractivity contribution in [3.63, 3.8) is 0 Å². The Kier molecular flexibility index (Phi) is 8.28. The van der Waals surface area contributed by atoms with E-state index in [4.69, 9.17) is 20.0 Å². The van der Waals surface area contributed by atoms with Crippen molar-refractivity contribution in [1.29, 1.82) is 0 Å². The molecular formula is C26H33N9O4. The number of anilines is 1. The van der Waals surface area contributed by atoms with Crippen LogP contribution in [0.1, 0.15) is 29.7 Å². The molecule has 2 aromatic rings. The molecule has 2 bridgehead atoms. The number of aromatic nitrogens is 2. The Morgan fingerprint density at radius 1 is 1.23 bits per heavy atom. The van der Waals surface area contributed by atoms with Crippen LogP contribution in [0.3, 0.4) is 0 Å². The Morgan fingerprint density at radius 3 is 2.90 bits per heavy atom. The normalized spacial score (nSPS) is 21.4. The van der Waals surface area contributed by atoms with Crippen molar-refractivity contribution in [2.24, 2.45) is 5.11 Å². The third kappa shape index (κ3) is 6.32. The number of nitrogens with one attached hydrogen (secondary N) is 1. The number of nitrogens with zero attached hydrogens (tertiary/aromatic N) is 8. The van der Waals surface area contributed by atoms with E-state index in [1.807, 2.05) is 30.3 Å². The summed E-state index contributed by atoms with van der Waals surface area (Å²) < 4.78 is 11.7. The number of likely N-dealkylation sites (N-methyl/N-ethyl adjacent to an activating group) is 1. The van der Waals surface area contributed by atoms with Gasteiger partial charge >= 0.3 is 12.1 Å². The summed E-state index contributed by atoms with van der Waals surface area (Å²) in [4.78, 5) is 43.9. The molecule has 1 N–H and O–H groups in total. The Hall–Kier alpha value is -4.09. The van der Waals surface area contributed by atoms with Crippen LogP contribution in [0.25, 0.3) is 10.4 Å². The van der Waals surface area contributed by atoms with Gasteiger partial charge in [-0.2, -0.15) is 9.97 Å². The Bertz CT molecular complexity index is 1240. The van der Waals surface area contributed by atoms with E-state index in [-0.39, 0.29) is 43.7 Å². The van der Waals surface area contributed by atoms with Crippen molar-refractivity contribution in [3.05, 3.63) is 57.6 Å². The molecule has 0 saturated carbocycles. The largest absolute Gasteiger partial charge is 0.458 e. The van der Waals surface area contributed by atoms with Crippen LogP contribution in [0.2, 0.25) is 0 Å². The molecule has 5 rings (SSSR count). The molecule has 3 aliphatic rings. The summed E-state index contributed by atoms with van der Waals surface area (Å²) in [5.74, 6) is 0.729. The van der Waals surface area contributed by atoms with Gasteiger partial charge in [-0.15, -0.1) is 0 Å². The Morgan fingerprint density at radius 2 is 2.08 bits per heavy atom. The van der Waals surface area contributed by atoms with Gasteiger partial charge in [-0.3, -0.25) is 4.79 Å². The van der Waals surface area contributed by atoms with Gasteiger partial charge in [-0.1, -0.05) is 35.4 Å².